The standard InChI is InChI=1S/C24H18N2O6/c27-21(25-19-12-6-7-13-20(19)32-16-8-2-1-3-9-16)15-31-22(28)14-26-23(29)17-10-4-5-11-18(17)24(26)30/h1-13H,14-15H2,(H,25,27). The number of carbonyl (C=O) groups is 4. The van der Waals surface area contributed by atoms with Gasteiger partial charge in [0.05, 0.1) is 16.8 Å². The Labute approximate surface area is 183 Å². The monoisotopic (exact) mass is 430 g/mol. The molecule has 0 unspecified atom stereocenters. The lowest BCUT2D eigenvalue weighted by molar-refractivity contribution is -0.147. The van der Waals surface area contributed by atoms with Crippen LogP contribution in [0.1, 0.15) is 20.7 Å². The second-order valence-electron chi connectivity index (χ2n) is 6.86. The smallest absolute Gasteiger partial charge is 0.326 e. The molecule has 0 bridgehead atoms. The van der Waals surface area contributed by atoms with Gasteiger partial charge in [-0.05, 0) is 36.4 Å². The molecule has 0 aromatic heterocycles. The molecule has 1 aliphatic rings. The summed E-state index contributed by atoms with van der Waals surface area (Å²) in [5.74, 6) is -1.59. The van der Waals surface area contributed by atoms with Gasteiger partial charge >= 0.3 is 5.97 Å². The Kier molecular flexibility index (Phi) is 5.94. The molecule has 0 radical (unpaired) electrons. The third-order valence-electron chi connectivity index (χ3n) is 4.66. The van der Waals surface area contributed by atoms with E-state index < -0.39 is 36.8 Å². The molecule has 1 heterocycles. The molecule has 8 heteroatoms. The first-order chi connectivity index (χ1) is 15.5. The summed E-state index contributed by atoms with van der Waals surface area (Å²) in [5.41, 5.74) is 0.869. The molecular formula is C24H18N2O6. The quantitative estimate of drug-likeness (QED) is 0.456. The number of fused-ring (bicyclic) bond motifs is 1. The normalized spacial score (nSPS) is 12.3. The van der Waals surface area contributed by atoms with Crippen molar-refractivity contribution in [2.24, 2.45) is 0 Å². The lowest BCUT2D eigenvalue weighted by Crippen LogP contribution is -2.36. The van der Waals surface area contributed by atoms with Crippen molar-refractivity contribution in [3.8, 4) is 11.5 Å². The topological polar surface area (TPSA) is 102 Å². The predicted molar refractivity (Wildman–Crippen MR) is 114 cm³/mol. The summed E-state index contributed by atoms with van der Waals surface area (Å²) in [7, 11) is 0. The highest BCUT2D eigenvalue weighted by Crippen LogP contribution is 2.29. The number of amides is 3. The maximum atomic E-state index is 12.3. The van der Waals surface area contributed by atoms with E-state index in [-0.39, 0.29) is 11.1 Å². The van der Waals surface area contributed by atoms with Gasteiger partial charge < -0.3 is 14.8 Å². The van der Waals surface area contributed by atoms with E-state index in [4.69, 9.17) is 9.47 Å². The van der Waals surface area contributed by atoms with Crippen LogP contribution in [0.25, 0.3) is 0 Å². The molecule has 1 N–H and O–H groups in total. The van der Waals surface area contributed by atoms with Crippen molar-refractivity contribution in [2.45, 2.75) is 0 Å². The van der Waals surface area contributed by atoms with Gasteiger partial charge in [-0.2, -0.15) is 0 Å². The number of rotatable bonds is 7. The number of imide groups is 1. The number of benzene rings is 3. The lowest BCUT2D eigenvalue weighted by Gasteiger charge is -2.14. The number of hydrogen-bond acceptors (Lipinski definition) is 6. The van der Waals surface area contributed by atoms with E-state index >= 15 is 0 Å². The first-order valence-corrected chi connectivity index (χ1v) is 9.75. The van der Waals surface area contributed by atoms with Crippen LogP contribution in [0.3, 0.4) is 0 Å². The second-order valence-corrected chi connectivity index (χ2v) is 6.86. The van der Waals surface area contributed by atoms with Gasteiger partial charge in [0.1, 0.15) is 12.3 Å². The summed E-state index contributed by atoms with van der Waals surface area (Å²) in [6, 6.07) is 22.2. The molecule has 0 saturated heterocycles. The Morgan fingerprint density at radius 3 is 2.06 bits per heavy atom. The first-order valence-electron chi connectivity index (χ1n) is 9.75. The summed E-state index contributed by atoms with van der Waals surface area (Å²) < 4.78 is 10.7. The van der Waals surface area contributed by atoms with E-state index in [9.17, 15) is 19.2 Å². The van der Waals surface area contributed by atoms with Crippen LogP contribution in [0, 0.1) is 0 Å². The van der Waals surface area contributed by atoms with E-state index in [0.29, 0.717) is 17.2 Å². The maximum absolute atomic E-state index is 12.3. The number of ether oxygens (including phenoxy) is 2. The molecule has 1 aliphatic heterocycles. The van der Waals surface area contributed by atoms with E-state index in [0.717, 1.165) is 4.90 Å². The van der Waals surface area contributed by atoms with E-state index in [1.165, 1.54) is 12.1 Å². The molecule has 0 saturated carbocycles. The van der Waals surface area contributed by atoms with Crippen LogP contribution in [0.5, 0.6) is 11.5 Å². The summed E-state index contributed by atoms with van der Waals surface area (Å²) in [6.07, 6.45) is 0. The zero-order valence-electron chi connectivity index (χ0n) is 16.8. The van der Waals surface area contributed by atoms with Gasteiger partial charge in [-0.15, -0.1) is 0 Å². The maximum Gasteiger partial charge on any atom is 0.326 e. The fraction of sp³-hybridized carbons (Fsp3) is 0.0833. The van der Waals surface area contributed by atoms with Crippen LogP contribution in [0.4, 0.5) is 5.69 Å². The predicted octanol–water partition coefficient (Wildman–Crippen LogP) is 3.26. The highest BCUT2D eigenvalue weighted by molar-refractivity contribution is 6.22. The fourth-order valence-corrected chi connectivity index (χ4v) is 3.16. The zero-order chi connectivity index (χ0) is 22.5. The molecule has 160 valence electrons. The molecule has 3 aromatic rings. The van der Waals surface area contributed by atoms with Crippen molar-refractivity contribution in [1.29, 1.82) is 0 Å². The Hall–Kier alpha value is -4.46. The average Bonchev–Trinajstić information content (AvgIpc) is 3.05. The number of nitrogens with one attached hydrogen (secondary N) is 1. The molecule has 8 nitrogen and oxygen atoms in total. The van der Waals surface area contributed by atoms with Crippen LogP contribution in [0.15, 0.2) is 78.9 Å². The Morgan fingerprint density at radius 1 is 0.781 bits per heavy atom. The van der Waals surface area contributed by atoms with E-state index in [1.54, 1.807) is 48.5 Å². The molecule has 32 heavy (non-hydrogen) atoms. The average molecular weight is 430 g/mol. The molecule has 0 fully saturated rings. The molecule has 0 aliphatic carbocycles. The summed E-state index contributed by atoms with van der Waals surface area (Å²) in [6.45, 7) is -1.16. The Bertz CT molecular complexity index is 1160. The molecule has 3 aromatic carbocycles. The summed E-state index contributed by atoms with van der Waals surface area (Å²) >= 11 is 0. The minimum absolute atomic E-state index is 0.234. The Balaban J connectivity index is 1.32. The summed E-state index contributed by atoms with van der Waals surface area (Å²) in [5, 5.41) is 2.62. The fourth-order valence-electron chi connectivity index (χ4n) is 3.16. The van der Waals surface area contributed by atoms with E-state index in [2.05, 4.69) is 5.32 Å². The molecule has 3 amide bonds. The van der Waals surface area contributed by atoms with Crippen molar-refractivity contribution in [1.82, 2.24) is 4.90 Å². The van der Waals surface area contributed by atoms with Crippen LogP contribution >= 0.6 is 0 Å². The van der Waals surface area contributed by atoms with Crippen LogP contribution in [-0.2, 0) is 14.3 Å². The number of para-hydroxylation sites is 3. The SMILES string of the molecule is O=C(COC(=O)CN1C(=O)c2ccccc2C1=O)Nc1ccccc1Oc1ccccc1. The number of esters is 1. The molecular weight excluding hydrogens is 412 g/mol. The van der Waals surface area contributed by atoms with Crippen molar-refractivity contribution in [3.05, 3.63) is 90.0 Å². The van der Waals surface area contributed by atoms with Gasteiger partial charge in [0.2, 0.25) is 0 Å². The van der Waals surface area contributed by atoms with Crippen LogP contribution in [0.2, 0.25) is 0 Å². The van der Waals surface area contributed by atoms with Crippen LogP contribution < -0.4 is 10.1 Å². The number of anilines is 1. The largest absolute Gasteiger partial charge is 0.455 e. The minimum atomic E-state index is -0.872. The minimum Gasteiger partial charge on any atom is -0.455 e. The molecule has 0 atom stereocenters. The third kappa shape index (κ3) is 4.49. The highest BCUT2D eigenvalue weighted by atomic mass is 16.5. The second kappa shape index (κ2) is 9.13. The van der Waals surface area contributed by atoms with Gasteiger partial charge in [0, 0.05) is 0 Å². The molecule has 0 spiro atoms. The number of nitrogens with zero attached hydrogens (tertiary/aromatic N) is 1. The Morgan fingerprint density at radius 2 is 1.38 bits per heavy atom. The van der Waals surface area contributed by atoms with Crippen LogP contribution in [-0.4, -0.2) is 41.7 Å². The number of carbonyl (C=O) groups excluding carboxylic acids is 4. The first kappa shape index (κ1) is 20.8. The van der Waals surface area contributed by atoms with Gasteiger partial charge in [-0.3, -0.25) is 24.1 Å². The van der Waals surface area contributed by atoms with Gasteiger partial charge in [-0.25, -0.2) is 0 Å². The number of hydrogen-bond donors (Lipinski definition) is 1. The van der Waals surface area contributed by atoms with E-state index in [1.807, 2.05) is 18.2 Å². The lowest BCUT2D eigenvalue weighted by atomic mass is 10.1. The van der Waals surface area contributed by atoms with Crippen molar-refractivity contribution in [3.63, 3.8) is 0 Å². The van der Waals surface area contributed by atoms with Gasteiger partial charge in [0.25, 0.3) is 17.7 Å². The van der Waals surface area contributed by atoms with Gasteiger partial charge in [0.15, 0.2) is 12.4 Å². The third-order valence-corrected chi connectivity index (χ3v) is 4.66. The van der Waals surface area contributed by atoms with Crippen molar-refractivity contribution >= 4 is 29.4 Å². The highest BCUT2D eigenvalue weighted by Gasteiger charge is 2.36. The van der Waals surface area contributed by atoms with Crippen molar-refractivity contribution in [2.75, 3.05) is 18.5 Å². The summed E-state index contributed by atoms with van der Waals surface area (Å²) in [4.78, 5) is 49.8. The molecule has 4 rings (SSSR count). The van der Waals surface area contributed by atoms with Crippen molar-refractivity contribution < 1.29 is 28.7 Å². The zero-order valence-corrected chi connectivity index (χ0v) is 16.8. The van der Waals surface area contributed by atoms with Gasteiger partial charge in [-0.1, -0.05) is 42.5 Å².